The van der Waals surface area contributed by atoms with Crippen LogP contribution in [0.4, 0.5) is 5.69 Å². The van der Waals surface area contributed by atoms with Crippen LogP contribution in [0.2, 0.25) is 5.02 Å². The van der Waals surface area contributed by atoms with Crippen molar-refractivity contribution in [2.45, 2.75) is 0 Å². The van der Waals surface area contributed by atoms with E-state index in [1.54, 1.807) is 0 Å². The molecule has 0 bridgehead atoms. The van der Waals surface area contributed by atoms with Gasteiger partial charge in [-0.15, -0.1) is 0 Å². The Hall–Kier alpha value is -1.08. The highest BCUT2D eigenvalue weighted by molar-refractivity contribution is 14.2. The highest BCUT2D eigenvalue weighted by Crippen LogP contribution is 2.32. The second kappa shape index (κ2) is 4.84. The Morgan fingerprint density at radius 1 is 1.44 bits per heavy atom. The molecular weight excluding hydrogens is 342 g/mol. The normalized spacial score (nSPS) is 14.2. The number of hydrogen-bond donors (Lipinski definition) is 0. The standard InChI is InChI=1S/C10H6ClIN2O2/c11-9-4-3-7(14(15)16)6-8(9)10-2-1-5-12-13-10/h1-6H. The first-order valence-electron chi connectivity index (χ1n) is 4.33. The summed E-state index contributed by atoms with van der Waals surface area (Å²) in [5.41, 5.74) is 1.38. The smallest absolute Gasteiger partial charge is 0.258 e. The Labute approximate surface area is 107 Å². The van der Waals surface area contributed by atoms with E-state index in [4.69, 9.17) is 11.6 Å². The number of nitro benzene ring substituents is 1. The van der Waals surface area contributed by atoms with Crippen molar-refractivity contribution in [1.82, 2.24) is 0 Å². The van der Waals surface area contributed by atoms with Gasteiger partial charge in [0.05, 0.1) is 15.6 Å². The van der Waals surface area contributed by atoms with Crippen molar-refractivity contribution in [1.29, 1.82) is 0 Å². The first kappa shape index (κ1) is 11.4. The summed E-state index contributed by atoms with van der Waals surface area (Å²) < 4.78 is 6.35. The SMILES string of the molecule is O=[N+]([O-])c1ccc(Cl)c(C2=CC=CI=N2)c1. The van der Waals surface area contributed by atoms with Crippen LogP contribution in [-0.2, 0) is 0 Å². The minimum absolute atomic E-state index is 0.0308. The third-order valence-corrected chi connectivity index (χ3v) is 3.82. The maximum absolute atomic E-state index is 10.7. The number of allylic oxidation sites excluding steroid dienone is 2. The quantitative estimate of drug-likeness (QED) is 0.455. The van der Waals surface area contributed by atoms with Crippen molar-refractivity contribution in [3.63, 3.8) is 0 Å². The molecule has 16 heavy (non-hydrogen) atoms. The lowest BCUT2D eigenvalue weighted by Gasteiger charge is -2.05. The molecule has 0 spiro atoms. The topological polar surface area (TPSA) is 55.5 Å². The molecule has 6 heteroatoms. The summed E-state index contributed by atoms with van der Waals surface area (Å²) in [6, 6.07) is 4.38. The van der Waals surface area contributed by atoms with Gasteiger partial charge in [-0.3, -0.25) is 10.1 Å². The summed E-state index contributed by atoms with van der Waals surface area (Å²) >= 11 is 5.66. The van der Waals surface area contributed by atoms with Gasteiger partial charge >= 0.3 is 0 Å². The van der Waals surface area contributed by atoms with Crippen LogP contribution in [0, 0.1) is 10.1 Å². The van der Waals surface area contributed by atoms with Crippen LogP contribution >= 0.6 is 32.6 Å². The number of non-ortho nitro benzene ring substituents is 1. The van der Waals surface area contributed by atoms with Crippen molar-refractivity contribution in [3.05, 3.63) is 55.1 Å². The minimum atomic E-state index is -0.436. The minimum Gasteiger partial charge on any atom is -0.258 e. The van der Waals surface area contributed by atoms with Crippen LogP contribution in [0.15, 0.2) is 37.6 Å². The lowest BCUT2D eigenvalue weighted by molar-refractivity contribution is -0.384. The molecule has 0 amide bonds. The summed E-state index contributed by atoms with van der Waals surface area (Å²) in [5.74, 6) is 0. The molecule has 0 aliphatic carbocycles. The molecule has 1 heterocycles. The summed E-state index contributed by atoms with van der Waals surface area (Å²) in [6.45, 7) is 0. The van der Waals surface area contributed by atoms with Crippen molar-refractivity contribution < 1.29 is 4.92 Å². The van der Waals surface area contributed by atoms with Crippen LogP contribution in [0.5, 0.6) is 0 Å². The number of nitro groups is 1. The van der Waals surface area contributed by atoms with Gasteiger partial charge in [0.15, 0.2) is 0 Å². The molecule has 82 valence electrons. The number of hydrogen-bond acceptors (Lipinski definition) is 3. The number of halogens is 2. The third-order valence-electron chi connectivity index (χ3n) is 1.96. The zero-order valence-corrected chi connectivity index (χ0v) is 10.8. The Balaban J connectivity index is 2.51. The van der Waals surface area contributed by atoms with Crippen LogP contribution < -0.4 is 0 Å². The van der Waals surface area contributed by atoms with Gasteiger partial charge in [-0.25, -0.2) is 3.15 Å². The van der Waals surface area contributed by atoms with E-state index in [0.29, 0.717) is 10.6 Å². The summed E-state index contributed by atoms with van der Waals surface area (Å²) in [4.78, 5) is 10.2. The van der Waals surface area contributed by atoms with Crippen LogP contribution in [0.3, 0.4) is 0 Å². The molecule has 1 aliphatic rings. The third kappa shape index (κ3) is 2.35. The van der Waals surface area contributed by atoms with E-state index in [-0.39, 0.29) is 26.7 Å². The fraction of sp³-hybridized carbons (Fsp3) is 0. The Morgan fingerprint density at radius 2 is 2.25 bits per heavy atom. The van der Waals surface area contributed by atoms with Crippen LogP contribution in [-0.4, -0.2) is 4.92 Å². The second-order valence-corrected chi connectivity index (χ2v) is 5.14. The van der Waals surface area contributed by atoms with Gasteiger partial charge in [-0.05, 0) is 16.2 Å². The molecule has 0 N–H and O–H groups in total. The molecular formula is C10H6ClIN2O2. The van der Waals surface area contributed by atoms with Gasteiger partial charge in [0.2, 0.25) is 0 Å². The average Bonchev–Trinajstić information content (AvgIpc) is 2.30. The molecule has 4 nitrogen and oxygen atoms in total. The molecule has 1 aliphatic heterocycles. The molecule has 0 radical (unpaired) electrons. The van der Waals surface area contributed by atoms with Gasteiger partial charge in [0.1, 0.15) is 0 Å². The maximum atomic E-state index is 10.7. The molecule has 1 aromatic rings. The summed E-state index contributed by atoms with van der Waals surface area (Å²) in [7, 11) is 0. The average molecular weight is 349 g/mol. The van der Waals surface area contributed by atoms with Gasteiger partial charge in [0, 0.05) is 38.7 Å². The zero-order valence-electron chi connectivity index (χ0n) is 7.93. The summed E-state index contributed by atoms with van der Waals surface area (Å²) in [5, 5.41) is 11.1. The first-order chi connectivity index (χ1) is 7.68. The predicted molar refractivity (Wildman–Crippen MR) is 71.7 cm³/mol. The van der Waals surface area contributed by atoms with Gasteiger partial charge in [-0.1, -0.05) is 17.7 Å². The largest absolute Gasteiger partial charge is 0.270 e. The van der Waals surface area contributed by atoms with Crippen molar-refractivity contribution in [3.8, 4) is 0 Å². The predicted octanol–water partition coefficient (Wildman–Crippen LogP) is 4.27. The maximum Gasteiger partial charge on any atom is 0.270 e. The van der Waals surface area contributed by atoms with Crippen molar-refractivity contribution >= 4 is 44.0 Å². The zero-order chi connectivity index (χ0) is 11.5. The molecule has 0 unspecified atom stereocenters. The summed E-state index contributed by atoms with van der Waals surface area (Å²) in [6.07, 6.45) is 3.72. The number of nitrogens with zero attached hydrogens (tertiary/aromatic N) is 2. The van der Waals surface area contributed by atoms with E-state index < -0.39 is 4.92 Å². The van der Waals surface area contributed by atoms with Gasteiger partial charge in [-0.2, -0.15) is 0 Å². The fourth-order valence-electron chi connectivity index (χ4n) is 1.23. The van der Waals surface area contributed by atoms with E-state index in [9.17, 15) is 10.1 Å². The second-order valence-electron chi connectivity index (χ2n) is 2.97. The first-order valence-corrected chi connectivity index (χ1v) is 6.92. The van der Waals surface area contributed by atoms with E-state index >= 15 is 0 Å². The van der Waals surface area contributed by atoms with E-state index in [1.165, 1.54) is 18.2 Å². The fourth-order valence-corrected chi connectivity index (χ4v) is 2.72. The van der Waals surface area contributed by atoms with Crippen molar-refractivity contribution in [2.75, 3.05) is 0 Å². The number of benzene rings is 1. The van der Waals surface area contributed by atoms with E-state index in [2.05, 4.69) is 3.15 Å². The Bertz CT molecular complexity index is 538. The molecule has 0 atom stereocenters. The van der Waals surface area contributed by atoms with E-state index in [0.717, 1.165) is 5.70 Å². The van der Waals surface area contributed by atoms with Crippen LogP contribution in [0.1, 0.15) is 5.56 Å². The van der Waals surface area contributed by atoms with E-state index in [1.807, 2.05) is 16.2 Å². The molecule has 0 fully saturated rings. The lowest BCUT2D eigenvalue weighted by Crippen LogP contribution is -1.90. The van der Waals surface area contributed by atoms with Gasteiger partial charge < -0.3 is 0 Å². The molecule has 0 saturated carbocycles. The lowest BCUT2D eigenvalue weighted by atomic mass is 10.1. The molecule has 1 aromatic carbocycles. The van der Waals surface area contributed by atoms with Crippen LogP contribution in [0.25, 0.3) is 5.70 Å². The number of rotatable bonds is 2. The molecule has 0 saturated heterocycles. The monoisotopic (exact) mass is 348 g/mol. The van der Waals surface area contributed by atoms with Crippen molar-refractivity contribution in [2.24, 2.45) is 3.15 Å². The molecule has 2 rings (SSSR count). The van der Waals surface area contributed by atoms with Gasteiger partial charge in [0.25, 0.3) is 5.69 Å². The Morgan fingerprint density at radius 3 is 2.88 bits per heavy atom. The highest BCUT2D eigenvalue weighted by Gasteiger charge is 2.12. The molecule has 0 aromatic heterocycles. The highest BCUT2D eigenvalue weighted by atomic mass is 127. The Kier molecular flexibility index (Phi) is 3.45.